The monoisotopic (exact) mass is 588 g/mol. The molecule has 0 bridgehead atoms. The van der Waals surface area contributed by atoms with Gasteiger partial charge in [-0.2, -0.15) is 5.26 Å². The number of nitro groups is 3. The molecule has 3 aromatic carbocycles. The molecule has 0 saturated heterocycles. The Hall–Kier alpha value is -4.15. The Balaban J connectivity index is 2.12. The van der Waals surface area contributed by atoms with E-state index in [9.17, 15) is 35.6 Å². The number of hydrogen-bond donors (Lipinski definition) is 0. The van der Waals surface area contributed by atoms with Gasteiger partial charge in [-0.15, -0.1) is 0 Å². The molecule has 0 radical (unpaired) electrons. The Bertz CT molecular complexity index is 1400. The average Bonchev–Trinajstić information content (AvgIpc) is 2.79. The van der Waals surface area contributed by atoms with E-state index in [1.807, 2.05) is 6.07 Å². The van der Waals surface area contributed by atoms with Crippen molar-refractivity contribution in [3.05, 3.63) is 105 Å². The first-order chi connectivity index (χ1) is 16.1. The molecule has 3 aromatic rings. The van der Waals surface area contributed by atoms with Gasteiger partial charge < -0.3 is 4.74 Å². The number of hydrogen-bond acceptors (Lipinski definition) is 8. The second-order valence-electron chi connectivity index (χ2n) is 6.55. The van der Waals surface area contributed by atoms with Crippen LogP contribution in [0.2, 0.25) is 0 Å². The van der Waals surface area contributed by atoms with Crippen LogP contribution in [0.15, 0.2) is 63.5 Å². The number of ether oxygens (including phenoxy) is 1. The zero-order valence-corrected chi connectivity index (χ0v) is 19.8. The molecule has 0 atom stereocenters. The topological polar surface area (TPSA) is 162 Å². The molecule has 3 rings (SSSR count). The summed E-state index contributed by atoms with van der Waals surface area (Å²) in [5, 5.41) is 43.0. The fraction of sp³-hybridized carbons (Fsp3) is 0. The minimum Gasteiger partial charge on any atom is -0.448 e. The summed E-state index contributed by atoms with van der Waals surface area (Å²) in [5.41, 5.74) is -0.349. The van der Waals surface area contributed by atoms with Crippen LogP contribution in [-0.2, 0) is 0 Å². The van der Waals surface area contributed by atoms with Gasteiger partial charge in [0, 0.05) is 28.2 Å². The minimum atomic E-state index is -0.803. The van der Waals surface area contributed by atoms with E-state index < -0.39 is 26.1 Å². The number of non-ortho nitro benzene ring substituents is 2. The van der Waals surface area contributed by atoms with Crippen molar-refractivity contribution in [3.63, 3.8) is 0 Å². The summed E-state index contributed by atoms with van der Waals surface area (Å²) in [4.78, 5) is 31.2. The predicted octanol–water partition coefficient (Wildman–Crippen LogP) is 6.79. The summed E-state index contributed by atoms with van der Waals surface area (Å²) in [5.74, 6) is -0.142. The van der Waals surface area contributed by atoms with Crippen LogP contribution < -0.4 is 4.74 Å². The molecule has 0 aromatic heterocycles. The Morgan fingerprint density at radius 2 is 1.50 bits per heavy atom. The molecule has 0 fully saturated rings. The highest BCUT2D eigenvalue weighted by Gasteiger charge is 2.23. The molecule has 0 spiro atoms. The molecule has 0 N–H and O–H groups in total. The van der Waals surface area contributed by atoms with Gasteiger partial charge in [0.25, 0.3) is 11.4 Å². The van der Waals surface area contributed by atoms with E-state index in [-0.39, 0.29) is 22.8 Å². The molecular formula is C21H10Br2N4O7. The van der Waals surface area contributed by atoms with Crippen molar-refractivity contribution in [2.24, 2.45) is 0 Å². The Labute approximate surface area is 207 Å². The first kappa shape index (κ1) is 24.5. The van der Waals surface area contributed by atoms with E-state index in [2.05, 4.69) is 31.9 Å². The Kier molecular flexibility index (Phi) is 7.34. The van der Waals surface area contributed by atoms with Gasteiger partial charge in [0.15, 0.2) is 0 Å². The molecule has 0 unspecified atom stereocenters. The summed E-state index contributed by atoms with van der Waals surface area (Å²) in [6.07, 6.45) is 1.45. The van der Waals surface area contributed by atoms with Crippen molar-refractivity contribution in [2.75, 3.05) is 0 Å². The summed E-state index contributed by atoms with van der Waals surface area (Å²) >= 11 is 6.66. The summed E-state index contributed by atoms with van der Waals surface area (Å²) in [7, 11) is 0. The Morgan fingerprint density at radius 1 is 0.882 bits per heavy atom. The van der Waals surface area contributed by atoms with E-state index >= 15 is 0 Å². The highest BCUT2D eigenvalue weighted by atomic mass is 79.9. The quantitative estimate of drug-likeness (QED) is 0.126. The summed E-state index contributed by atoms with van der Waals surface area (Å²) < 4.78 is 6.75. The smallest absolute Gasteiger partial charge is 0.318 e. The van der Waals surface area contributed by atoms with Gasteiger partial charge in [-0.3, -0.25) is 30.3 Å². The highest BCUT2D eigenvalue weighted by molar-refractivity contribution is 9.11. The molecule has 170 valence electrons. The van der Waals surface area contributed by atoms with Gasteiger partial charge in [-0.1, -0.05) is 15.9 Å². The predicted molar refractivity (Wildman–Crippen MR) is 128 cm³/mol. The van der Waals surface area contributed by atoms with E-state index in [4.69, 9.17) is 4.74 Å². The zero-order valence-electron chi connectivity index (χ0n) is 16.7. The van der Waals surface area contributed by atoms with Crippen LogP contribution >= 0.6 is 31.9 Å². The lowest BCUT2D eigenvalue weighted by atomic mass is 10.0. The van der Waals surface area contributed by atoms with E-state index in [0.29, 0.717) is 20.1 Å². The van der Waals surface area contributed by atoms with Crippen molar-refractivity contribution in [1.29, 1.82) is 5.26 Å². The molecule has 11 nitrogen and oxygen atoms in total. The van der Waals surface area contributed by atoms with Crippen LogP contribution in [0, 0.1) is 41.7 Å². The molecule has 0 aliphatic heterocycles. The molecule has 34 heavy (non-hydrogen) atoms. The average molecular weight is 590 g/mol. The third-order valence-electron chi connectivity index (χ3n) is 4.41. The van der Waals surface area contributed by atoms with Crippen LogP contribution in [-0.4, -0.2) is 14.8 Å². The number of nitriles is 1. The normalized spacial score (nSPS) is 10.9. The van der Waals surface area contributed by atoms with E-state index in [0.717, 1.165) is 18.2 Å². The van der Waals surface area contributed by atoms with Crippen molar-refractivity contribution >= 4 is 60.6 Å². The van der Waals surface area contributed by atoms with E-state index in [1.54, 1.807) is 12.1 Å². The van der Waals surface area contributed by atoms with Gasteiger partial charge in [-0.25, -0.2) is 0 Å². The fourth-order valence-electron chi connectivity index (χ4n) is 2.85. The maximum absolute atomic E-state index is 11.5. The van der Waals surface area contributed by atoms with Gasteiger partial charge in [0.1, 0.15) is 5.75 Å². The standard InChI is InChI=1S/C21H10Br2N4O7/c22-15-8-13(7-14(11-24)12-1-3-16(4-2-12)25(28)29)21(18(23)9-15)34-20-6-5-17(26(30)31)10-19(20)27(32)33/h1-10H/b14-7+. The van der Waals surface area contributed by atoms with Crippen molar-refractivity contribution < 1.29 is 19.5 Å². The number of halogens is 2. The van der Waals surface area contributed by atoms with Crippen LogP contribution in [0.4, 0.5) is 17.1 Å². The first-order valence-electron chi connectivity index (χ1n) is 9.07. The highest BCUT2D eigenvalue weighted by Crippen LogP contribution is 2.41. The number of benzene rings is 3. The molecule has 0 saturated carbocycles. The molecule has 0 heterocycles. The SMILES string of the molecule is N#C/C(=C\c1cc(Br)cc(Br)c1Oc1ccc([N+](=O)[O-])cc1[N+](=O)[O-])c1ccc([N+](=O)[O-])cc1. The number of rotatable bonds is 7. The van der Waals surface area contributed by atoms with Gasteiger partial charge in [-0.05, 0) is 57.9 Å². The van der Waals surface area contributed by atoms with Crippen LogP contribution in [0.3, 0.4) is 0 Å². The molecule has 0 aliphatic rings. The second-order valence-corrected chi connectivity index (χ2v) is 8.32. The lowest BCUT2D eigenvalue weighted by Crippen LogP contribution is -1.97. The van der Waals surface area contributed by atoms with Crippen molar-refractivity contribution in [2.45, 2.75) is 0 Å². The van der Waals surface area contributed by atoms with Gasteiger partial charge >= 0.3 is 5.69 Å². The second kappa shape index (κ2) is 10.2. The molecular weight excluding hydrogens is 580 g/mol. The third kappa shape index (κ3) is 5.42. The minimum absolute atomic E-state index is 0.106. The molecule has 13 heteroatoms. The summed E-state index contributed by atoms with van der Waals surface area (Å²) in [6.45, 7) is 0. The first-order valence-corrected chi connectivity index (χ1v) is 10.7. The third-order valence-corrected chi connectivity index (χ3v) is 5.46. The summed E-state index contributed by atoms with van der Waals surface area (Å²) in [6, 6.07) is 13.6. The maximum atomic E-state index is 11.5. The lowest BCUT2D eigenvalue weighted by Gasteiger charge is -2.13. The van der Waals surface area contributed by atoms with Gasteiger partial charge in [0.2, 0.25) is 5.75 Å². The Morgan fingerprint density at radius 3 is 2.06 bits per heavy atom. The van der Waals surface area contributed by atoms with Crippen LogP contribution in [0.1, 0.15) is 11.1 Å². The number of allylic oxidation sites excluding steroid dienone is 1. The lowest BCUT2D eigenvalue weighted by molar-refractivity contribution is -0.394. The van der Waals surface area contributed by atoms with E-state index in [1.165, 1.54) is 30.3 Å². The molecule has 0 aliphatic carbocycles. The largest absolute Gasteiger partial charge is 0.448 e. The number of nitrogens with zero attached hydrogens (tertiary/aromatic N) is 4. The fourth-order valence-corrected chi connectivity index (χ4v) is 4.19. The van der Waals surface area contributed by atoms with Crippen molar-refractivity contribution in [1.82, 2.24) is 0 Å². The maximum Gasteiger partial charge on any atom is 0.318 e. The van der Waals surface area contributed by atoms with Crippen LogP contribution in [0.5, 0.6) is 11.5 Å². The molecule has 0 amide bonds. The van der Waals surface area contributed by atoms with Gasteiger partial charge in [0.05, 0.1) is 37.0 Å². The van der Waals surface area contributed by atoms with Crippen molar-refractivity contribution in [3.8, 4) is 17.6 Å². The van der Waals surface area contributed by atoms with Crippen LogP contribution in [0.25, 0.3) is 11.6 Å². The zero-order chi connectivity index (χ0) is 25.0. The number of nitro benzene ring substituents is 3.